The summed E-state index contributed by atoms with van der Waals surface area (Å²) in [6, 6.07) is -1.67. The van der Waals surface area contributed by atoms with Gasteiger partial charge in [-0.05, 0) is 0 Å². The fourth-order valence-electron chi connectivity index (χ4n) is 4.09. The van der Waals surface area contributed by atoms with Gasteiger partial charge < -0.3 is 40.9 Å². The minimum atomic E-state index is -1.25. The summed E-state index contributed by atoms with van der Waals surface area (Å²) in [4.78, 5) is 29.3. The maximum Gasteiger partial charge on any atom is 0.317 e. The van der Waals surface area contributed by atoms with Gasteiger partial charge in [0.1, 0.15) is 0 Å². The second-order valence-corrected chi connectivity index (χ2v) is 8.41. The van der Waals surface area contributed by atoms with Gasteiger partial charge in [-0.1, -0.05) is 0 Å². The molecule has 0 aliphatic carbocycles. The Hall–Kier alpha value is -1.46. The predicted molar refractivity (Wildman–Crippen MR) is 119 cm³/mol. The van der Waals surface area contributed by atoms with Gasteiger partial charge in [0.2, 0.25) is 0 Å². The van der Waals surface area contributed by atoms with Crippen LogP contribution >= 0.6 is 0 Å². The molecule has 0 bridgehead atoms. The van der Waals surface area contributed by atoms with Crippen LogP contribution in [-0.4, -0.2) is 189 Å². The minimum absolute atomic E-state index is 0.219. The van der Waals surface area contributed by atoms with Crippen molar-refractivity contribution in [1.29, 1.82) is 0 Å². The normalized spacial score (nSPS) is 22.3. The van der Waals surface area contributed by atoms with Crippen molar-refractivity contribution >= 4 is 11.9 Å². The van der Waals surface area contributed by atoms with Gasteiger partial charge in [0.25, 0.3) is 0 Å². The van der Waals surface area contributed by atoms with Crippen LogP contribution in [0, 0.1) is 0 Å². The maximum absolute atomic E-state index is 11.3. The van der Waals surface area contributed by atoms with E-state index < -0.39 is 62.7 Å². The molecule has 1 heterocycles. The van der Waals surface area contributed by atoms with Crippen LogP contribution in [0.5, 0.6) is 0 Å². The third kappa shape index (κ3) is 10.4. The van der Waals surface area contributed by atoms with E-state index in [-0.39, 0.29) is 65.4 Å². The van der Waals surface area contributed by atoms with Crippen LogP contribution in [0.2, 0.25) is 0 Å². The first-order chi connectivity index (χ1) is 16.2. The van der Waals surface area contributed by atoms with Gasteiger partial charge in [-0.2, -0.15) is 0 Å². The number of carboxylic acids is 2. The van der Waals surface area contributed by atoms with Crippen LogP contribution in [0.25, 0.3) is 0 Å². The van der Waals surface area contributed by atoms with Gasteiger partial charge in [-0.3, -0.25) is 29.2 Å². The summed E-state index contributed by atoms with van der Waals surface area (Å²) in [5.74, 6) is -2.10. The van der Waals surface area contributed by atoms with E-state index in [1.807, 2.05) is 0 Å². The molecule has 1 rings (SSSR count). The Morgan fingerprint density at radius 3 is 1.12 bits per heavy atom. The Kier molecular flexibility index (Phi) is 14.6. The van der Waals surface area contributed by atoms with Gasteiger partial charge in [0, 0.05) is 52.4 Å². The molecule has 34 heavy (non-hydrogen) atoms. The second-order valence-electron chi connectivity index (χ2n) is 8.41. The lowest BCUT2D eigenvalue weighted by Gasteiger charge is -2.40. The van der Waals surface area contributed by atoms with Crippen molar-refractivity contribution < 1.29 is 50.4 Å². The number of hydrogen-bond donors (Lipinski definition) is 8. The zero-order valence-electron chi connectivity index (χ0n) is 19.4. The summed E-state index contributed by atoms with van der Waals surface area (Å²) in [5, 5.41) is 77.4. The van der Waals surface area contributed by atoms with E-state index in [0.717, 1.165) is 0 Å². The molecule has 0 unspecified atom stereocenters. The van der Waals surface area contributed by atoms with Crippen molar-refractivity contribution in [3.63, 3.8) is 0 Å². The molecule has 1 aliphatic rings. The fourth-order valence-corrected chi connectivity index (χ4v) is 4.09. The molecule has 0 aromatic rings. The van der Waals surface area contributed by atoms with E-state index in [2.05, 4.69) is 0 Å². The van der Waals surface area contributed by atoms with Gasteiger partial charge in [-0.15, -0.1) is 0 Å². The van der Waals surface area contributed by atoms with E-state index in [4.69, 9.17) is 0 Å². The molecule has 1 saturated heterocycles. The highest BCUT2D eigenvalue weighted by Gasteiger charge is 2.30. The van der Waals surface area contributed by atoms with Gasteiger partial charge in [0.15, 0.2) is 0 Å². The van der Waals surface area contributed by atoms with Crippen LogP contribution in [0.3, 0.4) is 0 Å². The smallest absolute Gasteiger partial charge is 0.317 e. The highest BCUT2D eigenvalue weighted by Crippen LogP contribution is 2.11. The van der Waals surface area contributed by atoms with E-state index in [0.29, 0.717) is 0 Å². The Bertz CT molecular complexity index is 552. The van der Waals surface area contributed by atoms with E-state index in [1.165, 1.54) is 0 Å². The third-order valence-corrected chi connectivity index (χ3v) is 6.11. The number of rotatable bonds is 12. The number of aliphatic hydroxyl groups is 6. The molecular weight excluding hydrogens is 456 g/mol. The molecule has 0 aromatic carbocycles. The van der Waals surface area contributed by atoms with Crippen LogP contribution in [0.4, 0.5) is 0 Å². The average molecular weight is 497 g/mol. The van der Waals surface area contributed by atoms with Gasteiger partial charge in [0.05, 0.1) is 63.8 Å². The van der Waals surface area contributed by atoms with E-state index >= 15 is 0 Å². The standard InChI is InChI=1S/C20H40N4O10/c25-11-15(17(29)13-27)23-5-3-21(9-19(31)32)1-2-22(10-20(33)34)4-6-24(8-7-23)16(12-26)18(30)14-28/h15-18,25-30H,1-14H2,(H,31,32)(H,33,34)/t15-,16+,17-,18+. The summed E-state index contributed by atoms with van der Waals surface area (Å²) >= 11 is 0. The van der Waals surface area contributed by atoms with E-state index in [1.54, 1.807) is 19.6 Å². The monoisotopic (exact) mass is 496 g/mol. The van der Waals surface area contributed by atoms with Crippen LogP contribution in [0.1, 0.15) is 0 Å². The van der Waals surface area contributed by atoms with E-state index in [9.17, 15) is 50.4 Å². The summed E-state index contributed by atoms with van der Waals surface area (Å²) < 4.78 is 0. The predicted octanol–water partition coefficient (Wildman–Crippen LogP) is -5.19. The zero-order valence-corrected chi connectivity index (χ0v) is 19.4. The first-order valence-corrected chi connectivity index (χ1v) is 11.3. The van der Waals surface area contributed by atoms with Crippen molar-refractivity contribution in [2.45, 2.75) is 24.3 Å². The van der Waals surface area contributed by atoms with Crippen molar-refractivity contribution in [3.05, 3.63) is 0 Å². The second kappa shape index (κ2) is 16.3. The lowest BCUT2D eigenvalue weighted by molar-refractivity contribution is -0.140. The Morgan fingerprint density at radius 1 is 0.559 bits per heavy atom. The van der Waals surface area contributed by atoms with Crippen molar-refractivity contribution in [2.75, 3.05) is 91.9 Å². The molecule has 200 valence electrons. The number of hydrogen-bond acceptors (Lipinski definition) is 12. The Balaban J connectivity index is 3.20. The van der Waals surface area contributed by atoms with Crippen LogP contribution in [-0.2, 0) is 9.59 Å². The van der Waals surface area contributed by atoms with Crippen molar-refractivity contribution in [3.8, 4) is 0 Å². The van der Waals surface area contributed by atoms with Crippen molar-refractivity contribution in [2.24, 2.45) is 0 Å². The molecule has 0 radical (unpaired) electrons. The first-order valence-electron chi connectivity index (χ1n) is 11.3. The number of aliphatic carboxylic acids is 2. The topological polar surface area (TPSA) is 209 Å². The van der Waals surface area contributed by atoms with Gasteiger partial charge >= 0.3 is 11.9 Å². The Labute approximate surface area is 198 Å². The lowest BCUT2D eigenvalue weighted by atomic mass is 10.1. The van der Waals surface area contributed by atoms with Crippen LogP contribution in [0.15, 0.2) is 0 Å². The molecule has 1 aliphatic heterocycles. The SMILES string of the molecule is O=C(O)CN1CCN(CC(=O)O)CCN([C@@H](CO)[C@@H](O)CO)CCN([C@H](CO)[C@H](O)CO)CC1. The van der Waals surface area contributed by atoms with Crippen molar-refractivity contribution in [1.82, 2.24) is 19.6 Å². The molecule has 14 heteroatoms. The molecule has 0 amide bonds. The quantitative estimate of drug-likeness (QED) is 0.127. The number of carboxylic acid groups (broad SMARTS) is 2. The lowest BCUT2D eigenvalue weighted by Crippen LogP contribution is -2.56. The zero-order chi connectivity index (χ0) is 25.7. The molecule has 8 N–H and O–H groups in total. The summed E-state index contributed by atoms with van der Waals surface area (Å²) in [5.41, 5.74) is 0. The third-order valence-electron chi connectivity index (χ3n) is 6.11. The average Bonchev–Trinajstić information content (AvgIpc) is 2.79. The summed E-state index contributed by atoms with van der Waals surface area (Å²) in [6.07, 6.45) is -2.50. The summed E-state index contributed by atoms with van der Waals surface area (Å²) in [7, 11) is 0. The minimum Gasteiger partial charge on any atom is -0.480 e. The van der Waals surface area contributed by atoms with Gasteiger partial charge in [-0.25, -0.2) is 0 Å². The maximum atomic E-state index is 11.3. The van der Waals surface area contributed by atoms with Crippen LogP contribution < -0.4 is 0 Å². The highest BCUT2D eigenvalue weighted by atomic mass is 16.4. The fraction of sp³-hybridized carbons (Fsp3) is 0.900. The molecule has 14 nitrogen and oxygen atoms in total. The first kappa shape index (κ1) is 30.6. The highest BCUT2D eigenvalue weighted by molar-refractivity contribution is 5.69. The molecule has 4 atom stereocenters. The number of nitrogens with zero attached hydrogens (tertiary/aromatic N) is 4. The Morgan fingerprint density at radius 2 is 0.853 bits per heavy atom. The molecule has 0 saturated carbocycles. The number of aliphatic hydroxyl groups excluding tert-OH is 6. The molecule has 0 aromatic heterocycles. The molecular formula is C20H40N4O10. The molecule has 1 fully saturated rings. The molecule has 0 spiro atoms. The largest absolute Gasteiger partial charge is 0.480 e. The summed E-state index contributed by atoms with van der Waals surface area (Å²) in [6.45, 7) is -0.763. The number of carbonyl (C=O) groups is 2.